The van der Waals surface area contributed by atoms with Gasteiger partial charge < -0.3 is 14.4 Å². The van der Waals surface area contributed by atoms with Crippen LogP contribution in [0, 0.1) is 6.92 Å². The fraction of sp³-hybridized carbons (Fsp3) is 0.368. The number of nitrogens with zero attached hydrogens (tertiary/aromatic N) is 2. The lowest BCUT2D eigenvalue weighted by atomic mass is 10.1. The van der Waals surface area contributed by atoms with Crippen LogP contribution in [0.2, 0.25) is 0 Å². The van der Waals surface area contributed by atoms with E-state index in [0.29, 0.717) is 6.54 Å². The number of pyridine rings is 1. The Labute approximate surface area is 142 Å². The van der Waals surface area contributed by atoms with Crippen LogP contribution in [0.15, 0.2) is 48.8 Å². The minimum atomic E-state index is 0.00119. The number of hydrogen-bond donors (Lipinski definition) is 0. The first-order chi connectivity index (χ1) is 11.7. The average molecular weight is 326 g/mol. The number of hydrogen-bond acceptors (Lipinski definition) is 4. The van der Waals surface area contributed by atoms with Crippen LogP contribution in [-0.2, 0) is 4.79 Å². The van der Waals surface area contributed by atoms with E-state index in [2.05, 4.69) is 4.98 Å². The molecule has 2 heterocycles. The van der Waals surface area contributed by atoms with Crippen LogP contribution in [0.25, 0.3) is 0 Å². The molecule has 1 fully saturated rings. The van der Waals surface area contributed by atoms with E-state index in [0.717, 1.165) is 36.4 Å². The number of rotatable bonds is 5. The van der Waals surface area contributed by atoms with Gasteiger partial charge in [0.15, 0.2) is 6.61 Å². The number of carbonyl (C=O) groups excluding carboxylic acids is 1. The molecule has 126 valence electrons. The van der Waals surface area contributed by atoms with Crippen molar-refractivity contribution in [1.82, 2.24) is 9.88 Å². The number of piperidine rings is 1. The molecular formula is C19H22N2O3. The minimum absolute atomic E-state index is 0.00119. The van der Waals surface area contributed by atoms with E-state index in [-0.39, 0.29) is 18.6 Å². The first-order valence-electron chi connectivity index (χ1n) is 8.25. The van der Waals surface area contributed by atoms with Gasteiger partial charge in [0.2, 0.25) is 0 Å². The summed E-state index contributed by atoms with van der Waals surface area (Å²) in [5.41, 5.74) is 1.03. The quantitative estimate of drug-likeness (QED) is 0.848. The van der Waals surface area contributed by atoms with Gasteiger partial charge in [0.05, 0.1) is 6.54 Å². The molecule has 1 aliphatic heterocycles. The van der Waals surface area contributed by atoms with Crippen LogP contribution in [0.1, 0.15) is 18.4 Å². The minimum Gasteiger partial charge on any atom is -0.488 e. The Bertz CT molecular complexity index is 675. The highest BCUT2D eigenvalue weighted by molar-refractivity contribution is 5.78. The molecule has 5 nitrogen and oxygen atoms in total. The molecule has 0 aliphatic carbocycles. The van der Waals surface area contributed by atoms with Gasteiger partial charge in [-0.2, -0.15) is 0 Å². The fourth-order valence-electron chi connectivity index (χ4n) is 2.82. The maximum absolute atomic E-state index is 12.4. The van der Waals surface area contributed by atoms with Gasteiger partial charge in [-0.05, 0) is 43.5 Å². The summed E-state index contributed by atoms with van der Waals surface area (Å²) in [6, 6.07) is 11.4. The molecule has 3 rings (SSSR count). The maximum atomic E-state index is 12.4. The molecular weight excluding hydrogens is 304 g/mol. The number of para-hydroxylation sites is 1. The summed E-state index contributed by atoms with van der Waals surface area (Å²) in [5.74, 6) is 1.55. The number of benzene rings is 1. The zero-order chi connectivity index (χ0) is 16.8. The van der Waals surface area contributed by atoms with E-state index in [9.17, 15) is 4.79 Å². The molecule has 1 aromatic heterocycles. The number of amides is 1. The molecule has 0 bridgehead atoms. The molecule has 5 heteroatoms. The van der Waals surface area contributed by atoms with Crippen LogP contribution < -0.4 is 9.47 Å². The van der Waals surface area contributed by atoms with Gasteiger partial charge in [-0.15, -0.1) is 0 Å². The number of aryl methyl sites for hydroxylation is 1. The Balaban J connectivity index is 1.52. The molecule has 0 N–H and O–H groups in total. The van der Waals surface area contributed by atoms with Gasteiger partial charge >= 0.3 is 0 Å². The van der Waals surface area contributed by atoms with Crippen molar-refractivity contribution < 1.29 is 14.3 Å². The molecule has 1 atom stereocenters. The zero-order valence-electron chi connectivity index (χ0n) is 13.9. The third-order valence-electron chi connectivity index (χ3n) is 4.13. The molecule has 1 aliphatic rings. The Hall–Kier alpha value is -2.56. The molecule has 1 aromatic carbocycles. The summed E-state index contributed by atoms with van der Waals surface area (Å²) in [5, 5.41) is 0. The zero-order valence-corrected chi connectivity index (χ0v) is 13.9. The number of carbonyl (C=O) groups is 1. The lowest BCUT2D eigenvalue weighted by molar-refractivity contribution is -0.136. The number of aromatic nitrogens is 1. The molecule has 2 aromatic rings. The average Bonchev–Trinajstić information content (AvgIpc) is 2.62. The van der Waals surface area contributed by atoms with E-state index in [4.69, 9.17) is 9.47 Å². The van der Waals surface area contributed by atoms with E-state index in [1.807, 2.05) is 48.2 Å². The van der Waals surface area contributed by atoms with Crippen molar-refractivity contribution >= 4 is 5.91 Å². The third kappa shape index (κ3) is 4.25. The predicted molar refractivity (Wildman–Crippen MR) is 91.1 cm³/mol. The van der Waals surface area contributed by atoms with Gasteiger partial charge in [0.1, 0.15) is 17.6 Å². The molecule has 0 unspecified atom stereocenters. The second-order valence-corrected chi connectivity index (χ2v) is 5.96. The van der Waals surface area contributed by atoms with Gasteiger partial charge in [0, 0.05) is 18.9 Å². The van der Waals surface area contributed by atoms with Crippen molar-refractivity contribution in [1.29, 1.82) is 0 Å². The highest BCUT2D eigenvalue weighted by Gasteiger charge is 2.25. The first kappa shape index (κ1) is 16.3. The van der Waals surface area contributed by atoms with Crippen molar-refractivity contribution in [2.45, 2.75) is 25.9 Å². The Morgan fingerprint density at radius 1 is 1.25 bits per heavy atom. The third-order valence-corrected chi connectivity index (χ3v) is 4.13. The van der Waals surface area contributed by atoms with Crippen molar-refractivity contribution in [3.8, 4) is 11.5 Å². The van der Waals surface area contributed by atoms with Crippen LogP contribution in [0.5, 0.6) is 11.5 Å². The fourth-order valence-corrected chi connectivity index (χ4v) is 2.82. The van der Waals surface area contributed by atoms with Crippen molar-refractivity contribution in [2.75, 3.05) is 19.7 Å². The lowest BCUT2D eigenvalue weighted by Gasteiger charge is -2.32. The predicted octanol–water partition coefficient (Wildman–Crippen LogP) is 2.84. The van der Waals surface area contributed by atoms with Gasteiger partial charge in [-0.25, -0.2) is 0 Å². The summed E-state index contributed by atoms with van der Waals surface area (Å²) in [6.07, 6.45) is 5.31. The standard InChI is InChI=1S/C19H22N2O3/c1-15-5-2-3-7-18(15)23-14-19(22)21-12-4-6-17(13-21)24-16-8-10-20-11-9-16/h2-3,5,7-11,17H,4,6,12-14H2,1H3/t17-/m0/s1. The molecule has 0 spiro atoms. The smallest absolute Gasteiger partial charge is 0.260 e. The monoisotopic (exact) mass is 326 g/mol. The van der Waals surface area contributed by atoms with Crippen LogP contribution in [0.3, 0.4) is 0 Å². The number of ether oxygens (including phenoxy) is 2. The van der Waals surface area contributed by atoms with Crippen LogP contribution in [-0.4, -0.2) is 41.6 Å². The first-order valence-corrected chi connectivity index (χ1v) is 8.25. The van der Waals surface area contributed by atoms with E-state index in [1.54, 1.807) is 12.4 Å². The molecule has 1 saturated heterocycles. The SMILES string of the molecule is Cc1ccccc1OCC(=O)N1CCC[C@H](Oc2ccncc2)C1. The van der Waals surface area contributed by atoms with Crippen molar-refractivity contribution in [3.63, 3.8) is 0 Å². The number of likely N-dealkylation sites (tertiary alicyclic amines) is 1. The largest absolute Gasteiger partial charge is 0.488 e. The van der Waals surface area contributed by atoms with Crippen molar-refractivity contribution in [2.24, 2.45) is 0 Å². The van der Waals surface area contributed by atoms with Crippen LogP contribution >= 0.6 is 0 Å². The molecule has 1 amide bonds. The summed E-state index contributed by atoms with van der Waals surface area (Å²) in [7, 11) is 0. The molecule has 0 saturated carbocycles. The second kappa shape index (κ2) is 7.81. The van der Waals surface area contributed by atoms with Gasteiger partial charge in [-0.3, -0.25) is 9.78 Å². The van der Waals surface area contributed by atoms with E-state index < -0.39 is 0 Å². The highest BCUT2D eigenvalue weighted by atomic mass is 16.5. The highest BCUT2D eigenvalue weighted by Crippen LogP contribution is 2.19. The van der Waals surface area contributed by atoms with Crippen LogP contribution in [0.4, 0.5) is 0 Å². The Morgan fingerprint density at radius 2 is 2.04 bits per heavy atom. The normalized spacial score (nSPS) is 17.4. The molecule has 24 heavy (non-hydrogen) atoms. The van der Waals surface area contributed by atoms with E-state index in [1.165, 1.54) is 0 Å². The van der Waals surface area contributed by atoms with Gasteiger partial charge in [0.25, 0.3) is 5.91 Å². The maximum Gasteiger partial charge on any atom is 0.260 e. The van der Waals surface area contributed by atoms with Gasteiger partial charge in [-0.1, -0.05) is 18.2 Å². The summed E-state index contributed by atoms with van der Waals surface area (Å²) in [4.78, 5) is 18.2. The van der Waals surface area contributed by atoms with Crippen molar-refractivity contribution in [3.05, 3.63) is 54.4 Å². The summed E-state index contributed by atoms with van der Waals surface area (Å²) in [6.45, 7) is 3.39. The van der Waals surface area contributed by atoms with E-state index >= 15 is 0 Å². The molecule has 0 radical (unpaired) electrons. The summed E-state index contributed by atoms with van der Waals surface area (Å²) >= 11 is 0. The second-order valence-electron chi connectivity index (χ2n) is 5.96. The summed E-state index contributed by atoms with van der Waals surface area (Å²) < 4.78 is 11.6. The Morgan fingerprint density at radius 3 is 2.83 bits per heavy atom. The Kier molecular flexibility index (Phi) is 5.31. The lowest BCUT2D eigenvalue weighted by Crippen LogP contribution is -2.46. The topological polar surface area (TPSA) is 51.7 Å².